The van der Waals surface area contributed by atoms with Gasteiger partial charge in [-0.3, -0.25) is 4.79 Å². The number of ether oxygens (including phenoxy) is 5. The van der Waals surface area contributed by atoms with Gasteiger partial charge < -0.3 is 69.0 Å². The van der Waals surface area contributed by atoms with Crippen LogP contribution in [0.15, 0.2) is 45.8 Å². The Bertz CT molecular complexity index is 1460. The maximum absolute atomic E-state index is 13.2. The van der Waals surface area contributed by atoms with Crippen LogP contribution < -0.4 is 14.9 Å². The Morgan fingerprint density at radius 2 is 1.57 bits per heavy atom. The number of rotatable bonds is 7. The van der Waals surface area contributed by atoms with E-state index in [1.54, 1.807) is 24.3 Å². The molecular formula is C27H30O15. The molecule has 0 amide bonds. The minimum Gasteiger partial charge on any atom is -0.504 e. The zero-order valence-electron chi connectivity index (χ0n) is 22.0. The quantitative estimate of drug-likeness (QED) is 0.146. The first kappa shape index (κ1) is 30.0. The van der Waals surface area contributed by atoms with Crippen LogP contribution in [0.4, 0.5) is 0 Å². The molecule has 5 rings (SSSR count). The molecular weight excluding hydrogens is 564 g/mol. The molecule has 15 heteroatoms. The third-order valence-corrected chi connectivity index (χ3v) is 7.17. The molecule has 2 aromatic carbocycles. The van der Waals surface area contributed by atoms with Crippen molar-refractivity contribution in [3.8, 4) is 34.1 Å². The molecule has 42 heavy (non-hydrogen) atoms. The molecule has 228 valence electrons. The van der Waals surface area contributed by atoms with Gasteiger partial charge in [-0.15, -0.1) is 0 Å². The lowest BCUT2D eigenvalue weighted by molar-refractivity contribution is -0.307. The fraction of sp³-hybridized carbons (Fsp3) is 0.444. The number of fused-ring (bicyclic) bond motifs is 1. The molecule has 3 aromatic rings. The molecule has 9 atom stereocenters. The van der Waals surface area contributed by atoms with Crippen molar-refractivity contribution in [1.82, 2.24) is 0 Å². The number of benzene rings is 2. The van der Waals surface area contributed by atoms with Crippen LogP contribution in [0.1, 0.15) is 0 Å². The number of aromatic hydroxyl groups is 2. The summed E-state index contributed by atoms with van der Waals surface area (Å²) in [5.41, 5.74) is -0.289. The van der Waals surface area contributed by atoms with Crippen LogP contribution in [0.5, 0.6) is 23.0 Å². The Morgan fingerprint density at radius 1 is 0.881 bits per heavy atom. The van der Waals surface area contributed by atoms with Gasteiger partial charge in [0.15, 0.2) is 17.8 Å². The van der Waals surface area contributed by atoms with Gasteiger partial charge >= 0.3 is 0 Å². The third kappa shape index (κ3) is 5.49. The maximum atomic E-state index is 13.2. The topological polar surface area (TPSA) is 238 Å². The van der Waals surface area contributed by atoms with E-state index in [1.165, 1.54) is 7.11 Å². The highest BCUT2D eigenvalue weighted by molar-refractivity contribution is 5.91. The van der Waals surface area contributed by atoms with Crippen LogP contribution in [0, 0.1) is 0 Å². The summed E-state index contributed by atoms with van der Waals surface area (Å²) >= 11 is 0. The molecule has 15 nitrogen and oxygen atoms in total. The van der Waals surface area contributed by atoms with E-state index in [4.69, 9.17) is 28.1 Å². The molecule has 2 fully saturated rings. The Morgan fingerprint density at radius 3 is 2.26 bits per heavy atom. The SMILES string of the molecule is COc1ccc(-c2coc3cc(O[C@@H]4O[C@H](CO[C@@H]5OC[C@@H](O)[C@H](O)[C@H]5O)[C@@H](O)[C@H](O)[C@H]4O)c(O)c(O)c3c2=O)cc1. The van der Waals surface area contributed by atoms with E-state index < -0.39 is 84.6 Å². The van der Waals surface area contributed by atoms with Crippen LogP contribution in [0.2, 0.25) is 0 Å². The van der Waals surface area contributed by atoms with Crippen molar-refractivity contribution < 1.29 is 69.0 Å². The van der Waals surface area contributed by atoms with Crippen molar-refractivity contribution in [2.24, 2.45) is 0 Å². The van der Waals surface area contributed by atoms with Crippen LogP contribution in [0.3, 0.4) is 0 Å². The monoisotopic (exact) mass is 594 g/mol. The summed E-state index contributed by atoms with van der Waals surface area (Å²) in [4.78, 5) is 13.2. The Balaban J connectivity index is 1.36. The summed E-state index contributed by atoms with van der Waals surface area (Å²) in [6.07, 6.45) is -13.3. The predicted molar refractivity (Wildman–Crippen MR) is 139 cm³/mol. The minimum absolute atomic E-state index is 0.0913. The average Bonchev–Trinajstić information content (AvgIpc) is 2.99. The second-order valence-electron chi connectivity index (χ2n) is 9.87. The van der Waals surface area contributed by atoms with Gasteiger partial charge in [0.25, 0.3) is 0 Å². The molecule has 0 unspecified atom stereocenters. The zero-order valence-corrected chi connectivity index (χ0v) is 22.0. The Labute approximate surface area is 236 Å². The number of aliphatic hydroxyl groups is 6. The van der Waals surface area contributed by atoms with Gasteiger partial charge in [0, 0.05) is 6.07 Å². The number of aliphatic hydroxyl groups excluding tert-OH is 6. The van der Waals surface area contributed by atoms with Crippen LogP contribution in [-0.4, -0.2) is 116 Å². The molecule has 0 saturated carbocycles. The van der Waals surface area contributed by atoms with Gasteiger partial charge in [-0.1, -0.05) is 12.1 Å². The first-order chi connectivity index (χ1) is 20.0. The molecule has 2 aliphatic heterocycles. The van der Waals surface area contributed by atoms with Crippen molar-refractivity contribution >= 4 is 11.0 Å². The largest absolute Gasteiger partial charge is 0.504 e. The summed E-state index contributed by atoms with van der Waals surface area (Å²) in [6.45, 7) is -0.875. The lowest BCUT2D eigenvalue weighted by Crippen LogP contribution is -2.61. The first-order valence-corrected chi connectivity index (χ1v) is 12.8. The first-order valence-electron chi connectivity index (χ1n) is 12.8. The number of methoxy groups -OCH3 is 1. The van der Waals surface area contributed by atoms with E-state index in [0.717, 1.165) is 12.3 Å². The molecule has 0 bridgehead atoms. The summed E-state index contributed by atoms with van der Waals surface area (Å²) < 4.78 is 32.2. The van der Waals surface area contributed by atoms with Gasteiger partial charge in [0.1, 0.15) is 65.7 Å². The minimum atomic E-state index is -1.86. The normalized spacial score (nSPS) is 31.6. The van der Waals surface area contributed by atoms with Gasteiger partial charge in [-0.2, -0.15) is 0 Å². The highest BCUT2D eigenvalue weighted by atomic mass is 16.7. The van der Waals surface area contributed by atoms with Crippen molar-refractivity contribution in [1.29, 1.82) is 0 Å². The summed E-state index contributed by atoms with van der Waals surface area (Å²) in [6, 6.07) is 7.55. The van der Waals surface area contributed by atoms with Crippen molar-refractivity contribution in [2.45, 2.75) is 55.3 Å². The second kappa shape index (κ2) is 12.0. The van der Waals surface area contributed by atoms with Crippen molar-refractivity contribution in [3.63, 3.8) is 0 Å². The summed E-state index contributed by atoms with van der Waals surface area (Å²) in [5.74, 6) is -1.70. The Hall–Kier alpha value is -3.51. The van der Waals surface area contributed by atoms with E-state index in [-0.39, 0.29) is 23.1 Å². The van der Waals surface area contributed by atoms with Gasteiger partial charge in [0.05, 0.1) is 25.9 Å². The fourth-order valence-electron chi connectivity index (χ4n) is 4.69. The molecule has 0 radical (unpaired) electrons. The second-order valence-corrected chi connectivity index (χ2v) is 9.87. The van der Waals surface area contributed by atoms with Crippen molar-refractivity contribution in [3.05, 3.63) is 46.8 Å². The van der Waals surface area contributed by atoms with Gasteiger partial charge in [0.2, 0.25) is 17.5 Å². The average molecular weight is 595 g/mol. The number of hydrogen-bond acceptors (Lipinski definition) is 15. The highest BCUT2D eigenvalue weighted by Gasteiger charge is 2.46. The van der Waals surface area contributed by atoms with Crippen LogP contribution in [0.25, 0.3) is 22.1 Å². The number of hydrogen-bond donors (Lipinski definition) is 8. The Kier molecular flexibility index (Phi) is 8.56. The highest BCUT2D eigenvalue weighted by Crippen LogP contribution is 2.42. The standard InChI is InChI=1S/C27H30O15/c1-37-11-4-2-10(3-5-11)12-7-38-14-6-15(20(31)22(33)17(14)18(12)29)41-27-25(36)23(34)21(32)16(42-27)9-40-26-24(35)19(30)13(28)8-39-26/h2-7,13,16,19,21,23-28,30-36H,8-9H2,1H3/t13-,16-,19+,21-,23+,24-,25-,26+,27-/m1/s1. The molecule has 2 aliphatic rings. The number of phenolic OH excluding ortho intramolecular Hbond substituents is 2. The van der Waals surface area contributed by atoms with Crippen LogP contribution in [-0.2, 0) is 14.2 Å². The van der Waals surface area contributed by atoms with E-state index in [0.29, 0.717) is 11.3 Å². The molecule has 0 aliphatic carbocycles. The molecule has 0 spiro atoms. The smallest absolute Gasteiger partial charge is 0.229 e. The fourth-order valence-corrected chi connectivity index (χ4v) is 4.69. The maximum Gasteiger partial charge on any atom is 0.229 e. The summed E-state index contributed by atoms with van der Waals surface area (Å²) in [5, 5.41) is 81.7. The molecule has 3 heterocycles. The van der Waals surface area contributed by atoms with Gasteiger partial charge in [-0.05, 0) is 17.7 Å². The van der Waals surface area contributed by atoms with E-state index in [2.05, 4.69) is 0 Å². The zero-order chi connectivity index (χ0) is 30.3. The molecule has 1 aromatic heterocycles. The van der Waals surface area contributed by atoms with E-state index in [1.807, 2.05) is 0 Å². The van der Waals surface area contributed by atoms with Crippen LogP contribution >= 0.6 is 0 Å². The lowest BCUT2D eigenvalue weighted by atomic mass is 9.99. The molecule has 2 saturated heterocycles. The van der Waals surface area contributed by atoms with Gasteiger partial charge in [-0.25, -0.2) is 0 Å². The lowest BCUT2D eigenvalue weighted by Gasteiger charge is -2.41. The third-order valence-electron chi connectivity index (χ3n) is 7.17. The van der Waals surface area contributed by atoms with E-state index >= 15 is 0 Å². The molecule has 8 N–H and O–H groups in total. The van der Waals surface area contributed by atoms with Crippen molar-refractivity contribution in [2.75, 3.05) is 20.3 Å². The number of phenols is 2. The van der Waals surface area contributed by atoms with E-state index in [9.17, 15) is 45.6 Å². The predicted octanol–water partition coefficient (Wildman–Crippen LogP) is -1.48. The summed E-state index contributed by atoms with van der Waals surface area (Å²) in [7, 11) is 1.49.